The maximum absolute atomic E-state index is 12.9. The molecule has 1 saturated carbocycles. The summed E-state index contributed by atoms with van der Waals surface area (Å²) in [6, 6.07) is 4.08. The molecule has 2 N–H and O–H groups in total. The van der Waals surface area contributed by atoms with E-state index in [1.54, 1.807) is 12.4 Å². The van der Waals surface area contributed by atoms with Crippen LogP contribution in [0.2, 0.25) is 0 Å². The lowest BCUT2D eigenvalue weighted by atomic mass is 9.97. The van der Waals surface area contributed by atoms with Gasteiger partial charge in [-0.3, -0.25) is 24.4 Å². The molecule has 1 aliphatic carbocycles. The average molecular weight is 372 g/mol. The highest BCUT2D eigenvalue weighted by Crippen LogP contribution is 2.41. The average Bonchev–Trinajstić information content (AvgIpc) is 2.82. The molecule has 0 radical (unpaired) electrons. The number of aromatic amines is 1. The van der Waals surface area contributed by atoms with Crippen LogP contribution in [0.25, 0.3) is 0 Å². The summed E-state index contributed by atoms with van der Waals surface area (Å²) in [6.07, 6.45) is 11.7. The monoisotopic (exact) mass is 372 g/mol. The smallest absolute Gasteiger partial charge is 0.270 e. The minimum Gasteiger partial charge on any atom is -0.310 e. The van der Waals surface area contributed by atoms with Crippen molar-refractivity contribution >= 4 is 23.5 Å². The third-order valence-corrected chi connectivity index (χ3v) is 6.56. The fraction of sp³-hybridized carbons (Fsp3) is 0.526. The highest BCUT2D eigenvalue weighted by molar-refractivity contribution is 8.00. The third kappa shape index (κ3) is 3.45. The van der Waals surface area contributed by atoms with E-state index in [2.05, 4.69) is 15.4 Å². The lowest BCUT2D eigenvalue weighted by molar-refractivity contribution is -0.113. The minimum absolute atomic E-state index is 0.0544. The number of H-pyrrole nitrogens is 1. The molecule has 0 bridgehead atoms. The Bertz CT molecular complexity index is 822. The van der Waals surface area contributed by atoms with Crippen LogP contribution in [0.15, 0.2) is 29.3 Å². The van der Waals surface area contributed by atoms with Crippen LogP contribution in [-0.4, -0.2) is 26.4 Å². The number of aromatic nitrogens is 3. The summed E-state index contributed by atoms with van der Waals surface area (Å²) in [7, 11) is 0. The van der Waals surface area contributed by atoms with E-state index in [4.69, 9.17) is 0 Å². The van der Waals surface area contributed by atoms with Crippen LogP contribution in [0, 0.1) is 0 Å². The lowest BCUT2D eigenvalue weighted by Gasteiger charge is -2.23. The molecule has 3 heterocycles. The summed E-state index contributed by atoms with van der Waals surface area (Å²) in [5.74, 6) is 0.934. The molecule has 26 heavy (non-hydrogen) atoms. The maximum Gasteiger partial charge on any atom is 0.270 e. The quantitative estimate of drug-likeness (QED) is 0.844. The van der Waals surface area contributed by atoms with Crippen LogP contribution in [0.4, 0.5) is 5.82 Å². The molecule has 1 fully saturated rings. The summed E-state index contributed by atoms with van der Waals surface area (Å²) in [5.41, 5.74) is 1.50. The zero-order valence-corrected chi connectivity index (χ0v) is 15.6. The SMILES string of the molecule is O=C1CS[C@H](c2cccnc2)c2c(n(C3CCCCCCC3)[nH]c2=O)N1. The largest absolute Gasteiger partial charge is 0.310 e. The van der Waals surface area contributed by atoms with Crippen LogP contribution in [0.3, 0.4) is 0 Å². The standard InChI is InChI=1S/C19H24N4O2S/c24-15-12-26-17(13-7-6-10-20-11-13)16-18(21-15)23(22-19(16)25)14-8-4-2-1-3-5-9-14/h6-7,10-11,14,17H,1-5,8-9,12H2,(H,21,24)(H,22,25)/t17-/m1/s1. The van der Waals surface area contributed by atoms with Gasteiger partial charge in [-0.1, -0.05) is 38.2 Å². The second-order valence-electron chi connectivity index (χ2n) is 7.10. The number of fused-ring (bicyclic) bond motifs is 1. The Labute approximate surface area is 156 Å². The number of nitrogens with one attached hydrogen (secondary N) is 2. The Morgan fingerprint density at radius 3 is 2.62 bits per heavy atom. The second kappa shape index (κ2) is 7.70. The molecular formula is C19H24N4O2S. The van der Waals surface area contributed by atoms with Crippen molar-refractivity contribution in [3.05, 3.63) is 46.0 Å². The molecule has 1 aliphatic heterocycles. The molecule has 0 spiro atoms. The number of hydrogen-bond acceptors (Lipinski definition) is 4. The normalized spacial score (nSPS) is 22.0. The van der Waals surface area contributed by atoms with Gasteiger partial charge in [0.05, 0.1) is 22.6 Å². The zero-order valence-electron chi connectivity index (χ0n) is 14.7. The van der Waals surface area contributed by atoms with Crippen molar-refractivity contribution in [2.24, 2.45) is 0 Å². The van der Waals surface area contributed by atoms with E-state index in [1.807, 2.05) is 16.8 Å². The van der Waals surface area contributed by atoms with Crippen molar-refractivity contribution in [2.75, 3.05) is 11.1 Å². The molecule has 7 heteroatoms. The Hall–Kier alpha value is -2.02. The van der Waals surface area contributed by atoms with Gasteiger partial charge < -0.3 is 5.32 Å². The van der Waals surface area contributed by atoms with E-state index in [9.17, 15) is 9.59 Å². The van der Waals surface area contributed by atoms with Crippen LogP contribution >= 0.6 is 11.8 Å². The zero-order chi connectivity index (χ0) is 17.9. The third-order valence-electron chi connectivity index (χ3n) is 5.29. The Kier molecular flexibility index (Phi) is 5.15. The minimum atomic E-state index is -0.184. The van der Waals surface area contributed by atoms with E-state index in [0.29, 0.717) is 17.1 Å². The molecule has 6 nitrogen and oxygen atoms in total. The molecule has 0 saturated heterocycles. The van der Waals surface area contributed by atoms with Crippen LogP contribution in [0.1, 0.15) is 67.4 Å². The van der Waals surface area contributed by atoms with Crippen molar-refractivity contribution in [2.45, 2.75) is 56.2 Å². The molecule has 2 aromatic heterocycles. The first-order valence-electron chi connectivity index (χ1n) is 9.40. The number of rotatable bonds is 2. The highest BCUT2D eigenvalue weighted by atomic mass is 32.2. The number of pyridine rings is 1. The maximum atomic E-state index is 12.9. The topological polar surface area (TPSA) is 79.8 Å². The molecule has 1 amide bonds. The van der Waals surface area contributed by atoms with Gasteiger partial charge in [0.25, 0.3) is 5.56 Å². The first-order valence-corrected chi connectivity index (χ1v) is 10.4. The van der Waals surface area contributed by atoms with Crippen molar-refractivity contribution < 1.29 is 4.79 Å². The van der Waals surface area contributed by atoms with Gasteiger partial charge in [-0.25, -0.2) is 0 Å². The van der Waals surface area contributed by atoms with E-state index >= 15 is 0 Å². The second-order valence-corrected chi connectivity index (χ2v) is 8.19. The van der Waals surface area contributed by atoms with Crippen molar-refractivity contribution in [3.8, 4) is 0 Å². The summed E-state index contributed by atoms with van der Waals surface area (Å²) >= 11 is 1.48. The van der Waals surface area contributed by atoms with Gasteiger partial charge in [0.2, 0.25) is 5.91 Å². The molecule has 2 aromatic rings. The number of hydrogen-bond donors (Lipinski definition) is 2. The predicted octanol–water partition coefficient (Wildman–Crippen LogP) is 3.63. The Morgan fingerprint density at radius 2 is 1.88 bits per heavy atom. The highest BCUT2D eigenvalue weighted by Gasteiger charge is 2.32. The van der Waals surface area contributed by atoms with E-state index < -0.39 is 0 Å². The molecule has 138 valence electrons. The van der Waals surface area contributed by atoms with Gasteiger partial charge in [-0.15, -0.1) is 11.8 Å². The van der Waals surface area contributed by atoms with Crippen LogP contribution < -0.4 is 10.9 Å². The van der Waals surface area contributed by atoms with E-state index in [-0.39, 0.29) is 22.8 Å². The summed E-state index contributed by atoms with van der Waals surface area (Å²) in [5, 5.41) is 5.85. The van der Waals surface area contributed by atoms with Gasteiger partial charge >= 0.3 is 0 Å². The van der Waals surface area contributed by atoms with Crippen molar-refractivity contribution in [1.82, 2.24) is 14.8 Å². The molecule has 0 aromatic carbocycles. The van der Waals surface area contributed by atoms with Crippen molar-refractivity contribution in [1.29, 1.82) is 0 Å². The van der Waals surface area contributed by atoms with Gasteiger partial charge in [0.1, 0.15) is 5.82 Å². The number of amides is 1. The fourth-order valence-electron chi connectivity index (χ4n) is 4.00. The number of carbonyl (C=O) groups excluding carboxylic acids is 1. The first kappa shape index (κ1) is 17.4. The van der Waals surface area contributed by atoms with Gasteiger partial charge in [-0.2, -0.15) is 0 Å². The van der Waals surface area contributed by atoms with Gasteiger partial charge in [0.15, 0.2) is 0 Å². The van der Waals surface area contributed by atoms with E-state index in [1.165, 1.54) is 31.0 Å². The lowest BCUT2D eigenvalue weighted by Crippen LogP contribution is -2.20. The number of nitrogens with zero attached hydrogens (tertiary/aromatic N) is 2. The molecule has 1 atom stereocenters. The van der Waals surface area contributed by atoms with Crippen molar-refractivity contribution in [3.63, 3.8) is 0 Å². The summed E-state index contributed by atoms with van der Waals surface area (Å²) in [6.45, 7) is 0. The molecular weight excluding hydrogens is 348 g/mol. The number of anilines is 1. The van der Waals surface area contributed by atoms with Crippen LogP contribution in [-0.2, 0) is 4.79 Å². The Balaban J connectivity index is 1.77. The fourth-order valence-corrected chi connectivity index (χ4v) is 5.11. The first-order chi connectivity index (χ1) is 12.7. The molecule has 4 rings (SSSR count). The van der Waals surface area contributed by atoms with Gasteiger partial charge in [0, 0.05) is 12.4 Å². The summed E-state index contributed by atoms with van der Waals surface area (Å²) < 4.78 is 1.94. The van der Waals surface area contributed by atoms with Gasteiger partial charge in [-0.05, 0) is 24.5 Å². The van der Waals surface area contributed by atoms with Crippen LogP contribution in [0.5, 0.6) is 0 Å². The van der Waals surface area contributed by atoms with E-state index in [0.717, 1.165) is 31.2 Å². The number of thioether (sulfide) groups is 1. The molecule has 2 aliphatic rings. The molecule has 0 unspecified atom stereocenters. The Morgan fingerprint density at radius 1 is 1.12 bits per heavy atom. The predicted molar refractivity (Wildman–Crippen MR) is 104 cm³/mol. The summed E-state index contributed by atoms with van der Waals surface area (Å²) in [4.78, 5) is 29.4. The number of carbonyl (C=O) groups is 1.